The summed E-state index contributed by atoms with van der Waals surface area (Å²) < 4.78 is 0. The van der Waals surface area contributed by atoms with Crippen molar-refractivity contribution in [2.75, 3.05) is 0 Å². The molecule has 8 bridgehead atoms. The first-order valence-electron chi connectivity index (χ1n) is 32.9. The van der Waals surface area contributed by atoms with E-state index in [4.69, 9.17) is 9.97 Å². The van der Waals surface area contributed by atoms with Crippen molar-refractivity contribution in [3.63, 3.8) is 0 Å². The molecule has 0 saturated carbocycles. The smallest absolute Gasteiger partial charge is 0.0816 e. The van der Waals surface area contributed by atoms with Crippen molar-refractivity contribution in [2.45, 2.75) is 79.1 Å². The van der Waals surface area contributed by atoms with Crippen LogP contribution in [0.2, 0.25) is 0 Å². The van der Waals surface area contributed by atoms with Crippen LogP contribution in [0.15, 0.2) is 243 Å². The second-order valence-corrected chi connectivity index (χ2v) is 27.0. The van der Waals surface area contributed by atoms with Gasteiger partial charge in [0.1, 0.15) is 0 Å². The van der Waals surface area contributed by atoms with Gasteiger partial charge in [-0.2, -0.15) is 0 Å². The summed E-state index contributed by atoms with van der Waals surface area (Å²) in [4.78, 5) is 21.6. The van der Waals surface area contributed by atoms with Crippen LogP contribution in [0.4, 0.5) is 0 Å². The number of H-pyrrole nitrogens is 2. The van der Waals surface area contributed by atoms with Crippen LogP contribution in [0.3, 0.4) is 0 Å². The van der Waals surface area contributed by atoms with Gasteiger partial charge in [0.2, 0.25) is 0 Å². The van der Waals surface area contributed by atoms with Gasteiger partial charge < -0.3 is 9.97 Å². The maximum absolute atomic E-state index is 6.38. The number of fused-ring (bicyclic) bond motifs is 4. The topological polar surface area (TPSA) is 57.4 Å². The van der Waals surface area contributed by atoms with E-state index in [2.05, 4.69) is 308 Å². The van der Waals surface area contributed by atoms with Gasteiger partial charge in [0.15, 0.2) is 0 Å². The number of aromatic nitrogens is 4. The molecule has 0 amide bonds. The van der Waals surface area contributed by atoms with Gasteiger partial charge in [0, 0.05) is 66.1 Å². The van der Waals surface area contributed by atoms with Crippen LogP contribution in [0.25, 0.3) is 176 Å². The molecule has 0 radical (unpaired) electrons. The SMILES string of the molecule is CC(C)c1cccc(-c2c3nc(c(-c4cccc(C(C)C)c4)c4[nH]c(c(-c5cccc(C(C)C)c5)c5nc(c(-c6cccc(C(C)C)c6)c6[nH]c2c2cc7ccccc7cc62)-c2cc6ccccc6cc2-5)c2cc5ccccc5cc42)-c2cc4ccccc4cc2-3)c1. The number of nitrogens with one attached hydrogen (secondary N) is 2. The largest absolute Gasteiger partial charge is 0.353 e. The zero-order chi connectivity index (χ0) is 62.2. The van der Waals surface area contributed by atoms with Gasteiger partial charge in [-0.25, -0.2) is 9.97 Å². The molecular formula is C88H70N4. The molecule has 92 heavy (non-hydrogen) atoms. The second-order valence-electron chi connectivity index (χ2n) is 27.0. The summed E-state index contributed by atoms with van der Waals surface area (Å²) in [5.74, 6) is 1.09. The van der Waals surface area contributed by atoms with Crippen LogP contribution in [0.1, 0.15) is 101 Å². The van der Waals surface area contributed by atoms with E-state index in [0.717, 1.165) is 155 Å². The molecule has 4 heteroatoms. The molecule has 2 aromatic heterocycles. The first-order chi connectivity index (χ1) is 44.9. The van der Waals surface area contributed by atoms with E-state index in [0.29, 0.717) is 0 Å². The number of hydrogen-bond acceptors (Lipinski definition) is 2. The molecule has 17 rings (SSSR count). The van der Waals surface area contributed by atoms with Crippen LogP contribution in [0, 0.1) is 0 Å². The van der Waals surface area contributed by atoms with Crippen LogP contribution in [-0.4, -0.2) is 19.9 Å². The molecule has 442 valence electrons. The molecule has 2 N–H and O–H groups in total. The normalized spacial score (nSPS) is 12.3. The molecular weight excluding hydrogens is 1110 g/mol. The summed E-state index contributed by atoms with van der Waals surface area (Å²) >= 11 is 0. The van der Waals surface area contributed by atoms with E-state index in [9.17, 15) is 0 Å². The number of benzene rings is 12. The van der Waals surface area contributed by atoms with Gasteiger partial charge in [0.25, 0.3) is 0 Å². The minimum Gasteiger partial charge on any atom is -0.353 e. The van der Waals surface area contributed by atoms with Crippen molar-refractivity contribution >= 4 is 86.7 Å². The number of rotatable bonds is 8. The van der Waals surface area contributed by atoms with Crippen LogP contribution >= 0.6 is 0 Å². The fraction of sp³-hybridized carbons (Fsp3) is 0.136. The lowest BCUT2D eigenvalue weighted by atomic mass is 9.89. The highest BCUT2D eigenvalue weighted by molar-refractivity contribution is 6.25. The Morgan fingerprint density at radius 2 is 0.435 bits per heavy atom. The predicted molar refractivity (Wildman–Crippen MR) is 393 cm³/mol. The van der Waals surface area contributed by atoms with Crippen molar-refractivity contribution in [3.8, 4) is 89.5 Å². The fourth-order valence-electron chi connectivity index (χ4n) is 14.9. The average molecular weight is 1180 g/mol. The minimum atomic E-state index is 0.273. The fourth-order valence-corrected chi connectivity index (χ4v) is 14.9. The summed E-state index contributed by atoms with van der Waals surface area (Å²) in [6, 6.07) is 91.8. The molecule has 0 atom stereocenters. The quantitative estimate of drug-likeness (QED) is 0.159. The number of nitrogens with zero attached hydrogens (tertiary/aromatic N) is 2. The van der Waals surface area contributed by atoms with E-state index >= 15 is 0 Å². The molecule has 0 fully saturated rings. The van der Waals surface area contributed by atoms with E-state index in [1.54, 1.807) is 0 Å². The highest BCUT2D eigenvalue weighted by Crippen LogP contribution is 2.54. The summed E-state index contributed by atoms with van der Waals surface area (Å²) in [7, 11) is 0. The molecule has 1 aliphatic carbocycles. The zero-order valence-electron chi connectivity index (χ0n) is 53.3. The summed E-state index contributed by atoms with van der Waals surface area (Å²) in [5.41, 5.74) is 25.6. The summed E-state index contributed by atoms with van der Waals surface area (Å²) in [5, 5.41) is 13.8. The average Bonchev–Trinajstić information content (AvgIpc) is 1.55. The Morgan fingerprint density at radius 3 is 0.641 bits per heavy atom. The molecule has 4 heterocycles. The maximum atomic E-state index is 6.38. The Bertz CT molecular complexity index is 5090. The minimum absolute atomic E-state index is 0.273. The second kappa shape index (κ2) is 21.5. The molecule has 0 saturated heterocycles. The third-order valence-corrected chi connectivity index (χ3v) is 19.9. The molecule has 0 spiro atoms. The van der Waals surface area contributed by atoms with Crippen molar-refractivity contribution in [2.24, 2.45) is 0 Å². The Labute approximate surface area is 537 Å². The molecule has 3 aliphatic rings. The lowest BCUT2D eigenvalue weighted by Gasteiger charge is -2.13. The van der Waals surface area contributed by atoms with E-state index in [-0.39, 0.29) is 23.7 Å². The monoisotopic (exact) mass is 1180 g/mol. The predicted octanol–water partition coefficient (Wildman–Crippen LogP) is 25.1. The van der Waals surface area contributed by atoms with E-state index < -0.39 is 0 Å². The standard InChI is InChI=1S/C88H70N4/c1-49(2)53-29-17-33-65(37-53)77-81-69-41-57-21-9-11-23-59(57)43-71(69)83(89-81)78(66-34-18-30-54(38-66)50(3)4)85-73-45-61-25-13-15-27-63(61)47-75(73)87(91-85)80(68-36-20-32-56(40-68)52(7)8)88-76-48-64-28-16-14-26-62(64)46-74(76)86(92-88)79(67-35-19-31-55(39-67)51(5)6)84-72-44-60-24-12-10-22-58(60)42-70(72)82(77)90-84/h9-52,89,92H,1-8H3. The Balaban J connectivity index is 1.23. The third-order valence-electron chi connectivity index (χ3n) is 19.9. The Morgan fingerprint density at radius 1 is 0.228 bits per heavy atom. The van der Waals surface area contributed by atoms with Crippen LogP contribution in [-0.2, 0) is 0 Å². The first-order valence-corrected chi connectivity index (χ1v) is 32.9. The van der Waals surface area contributed by atoms with E-state index in [1.165, 1.54) is 43.8 Å². The van der Waals surface area contributed by atoms with Gasteiger partial charge in [-0.05, 0) is 160 Å². The van der Waals surface area contributed by atoms with Crippen LogP contribution in [0.5, 0.6) is 0 Å². The van der Waals surface area contributed by atoms with Crippen molar-refractivity contribution in [3.05, 3.63) is 265 Å². The summed E-state index contributed by atoms with van der Waals surface area (Å²) in [6.07, 6.45) is 0. The summed E-state index contributed by atoms with van der Waals surface area (Å²) in [6.45, 7) is 18.4. The highest BCUT2D eigenvalue weighted by Gasteiger charge is 2.32. The number of hydrogen-bond donors (Lipinski definition) is 2. The van der Waals surface area contributed by atoms with Gasteiger partial charge in [-0.1, -0.05) is 250 Å². The third kappa shape index (κ3) is 8.94. The van der Waals surface area contributed by atoms with Gasteiger partial charge in [-0.15, -0.1) is 0 Å². The molecule has 14 aromatic rings. The molecule has 2 aliphatic heterocycles. The Hall–Kier alpha value is -10.7. The number of aromatic amines is 2. The first kappa shape index (κ1) is 55.4. The maximum Gasteiger partial charge on any atom is 0.0816 e. The molecule has 0 unspecified atom stereocenters. The van der Waals surface area contributed by atoms with Crippen molar-refractivity contribution in [1.82, 2.24) is 19.9 Å². The van der Waals surface area contributed by atoms with Crippen molar-refractivity contribution in [1.29, 1.82) is 0 Å². The van der Waals surface area contributed by atoms with E-state index in [1.807, 2.05) is 0 Å². The molecule has 4 nitrogen and oxygen atoms in total. The van der Waals surface area contributed by atoms with Gasteiger partial charge >= 0.3 is 0 Å². The van der Waals surface area contributed by atoms with Gasteiger partial charge in [0.05, 0.1) is 44.8 Å². The van der Waals surface area contributed by atoms with Crippen LogP contribution < -0.4 is 0 Å². The van der Waals surface area contributed by atoms with Crippen molar-refractivity contribution < 1.29 is 0 Å². The Kier molecular flexibility index (Phi) is 12.9. The zero-order valence-corrected chi connectivity index (χ0v) is 53.3. The molecule has 12 aromatic carbocycles. The van der Waals surface area contributed by atoms with Gasteiger partial charge in [-0.3, -0.25) is 0 Å². The lowest BCUT2D eigenvalue weighted by molar-refractivity contribution is 0.867. The lowest BCUT2D eigenvalue weighted by Crippen LogP contribution is -1.92. The highest BCUT2D eigenvalue weighted by atomic mass is 14.8.